The van der Waals surface area contributed by atoms with E-state index in [-0.39, 0.29) is 29.6 Å². The number of carbonyl (C=O) groups excluding carboxylic acids is 1. The molecule has 9 nitrogen and oxygen atoms in total. The van der Waals surface area contributed by atoms with Gasteiger partial charge in [-0.05, 0) is 56.5 Å². The Kier molecular flexibility index (Phi) is 8.37. The third kappa shape index (κ3) is 6.43. The van der Waals surface area contributed by atoms with Gasteiger partial charge in [0.15, 0.2) is 0 Å². The molecule has 2 N–H and O–H groups in total. The molecule has 2 saturated heterocycles. The summed E-state index contributed by atoms with van der Waals surface area (Å²) in [5.74, 6) is -0.0887. The Morgan fingerprint density at radius 3 is 2.60 bits per heavy atom. The first-order valence-electron chi connectivity index (χ1n) is 14.1. The molecular formula is C28H38F3N7O2. The van der Waals surface area contributed by atoms with Crippen LogP contribution < -0.4 is 15.5 Å². The number of rotatable bonds is 9. The predicted octanol–water partition coefficient (Wildman–Crippen LogP) is 3.99. The van der Waals surface area contributed by atoms with Gasteiger partial charge in [0, 0.05) is 63.4 Å². The summed E-state index contributed by atoms with van der Waals surface area (Å²) in [5, 5.41) is 5.97. The average Bonchev–Trinajstić information content (AvgIpc) is 3.74. The fourth-order valence-corrected chi connectivity index (χ4v) is 5.30. The minimum atomic E-state index is -4.60. The van der Waals surface area contributed by atoms with Crippen LogP contribution in [0.15, 0.2) is 24.4 Å². The Morgan fingerprint density at radius 1 is 1.12 bits per heavy atom. The van der Waals surface area contributed by atoms with Crippen LogP contribution in [0.4, 0.5) is 36.3 Å². The Balaban J connectivity index is 1.25. The number of hydrogen-bond donors (Lipinski definition) is 2. The van der Waals surface area contributed by atoms with Crippen molar-refractivity contribution in [3.8, 4) is 0 Å². The minimum Gasteiger partial charge on any atom is -0.378 e. The molecule has 0 atom stereocenters. The molecule has 0 unspecified atom stereocenters. The Morgan fingerprint density at radius 2 is 1.90 bits per heavy atom. The SMILES string of the molecule is CCc1cc(N2CCN(C)CC2)ccc1Nc1ncc(C(F)(F)F)c(NCCCN2CCOCC3(CC3)C2=O)n1. The number of carbonyl (C=O) groups is 1. The third-order valence-electron chi connectivity index (χ3n) is 8.05. The molecule has 3 aliphatic rings. The van der Waals surface area contributed by atoms with Crippen molar-refractivity contribution >= 4 is 29.0 Å². The standard InChI is InChI=1S/C28H38F3N7O2/c1-3-20-17-21(37-13-11-36(2)12-14-37)5-6-23(20)34-26-33-18-22(28(29,30)31)24(35-26)32-9-4-10-38-15-16-40-19-27(7-8-27)25(38)39/h5-6,17-18H,3-4,7-16,19H2,1-2H3,(H2,32,33,34,35). The van der Waals surface area contributed by atoms with Gasteiger partial charge in [0.1, 0.15) is 11.4 Å². The summed E-state index contributed by atoms with van der Waals surface area (Å²) in [7, 11) is 2.12. The van der Waals surface area contributed by atoms with Gasteiger partial charge >= 0.3 is 6.18 Å². The topological polar surface area (TPSA) is 85.9 Å². The van der Waals surface area contributed by atoms with Crippen molar-refractivity contribution in [3.63, 3.8) is 0 Å². The molecule has 2 aliphatic heterocycles. The van der Waals surface area contributed by atoms with Crippen LogP contribution in [0.1, 0.15) is 37.3 Å². The van der Waals surface area contributed by atoms with Crippen molar-refractivity contribution in [1.82, 2.24) is 19.8 Å². The molecule has 1 aliphatic carbocycles. The molecule has 5 rings (SSSR count). The monoisotopic (exact) mass is 561 g/mol. The summed E-state index contributed by atoms with van der Waals surface area (Å²) in [4.78, 5) is 27.4. The quantitative estimate of drug-likeness (QED) is 0.445. The van der Waals surface area contributed by atoms with E-state index >= 15 is 0 Å². The molecule has 1 spiro atoms. The van der Waals surface area contributed by atoms with Gasteiger partial charge in [0.25, 0.3) is 0 Å². The highest BCUT2D eigenvalue weighted by atomic mass is 19.4. The van der Waals surface area contributed by atoms with Crippen LogP contribution in [0.3, 0.4) is 0 Å². The van der Waals surface area contributed by atoms with Crippen molar-refractivity contribution in [3.05, 3.63) is 35.5 Å². The van der Waals surface area contributed by atoms with Crippen molar-refractivity contribution in [2.75, 3.05) is 81.6 Å². The smallest absolute Gasteiger partial charge is 0.378 e. The van der Waals surface area contributed by atoms with Crippen molar-refractivity contribution < 1.29 is 22.7 Å². The lowest BCUT2D eigenvalue weighted by Crippen LogP contribution is -2.44. The van der Waals surface area contributed by atoms with Crippen LogP contribution in [0.2, 0.25) is 0 Å². The normalized spacial score (nSPS) is 19.6. The number of benzene rings is 1. The van der Waals surface area contributed by atoms with Gasteiger partial charge in [0.05, 0.1) is 18.6 Å². The average molecular weight is 562 g/mol. The molecule has 12 heteroatoms. The second-order valence-corrected chi connectivity index (χ2v) is 11.0. The highest BCUT2D eigenvalue weighted by Gasteiger charge is 2.52. The molecular weight excluding hydrogens is 523 g/mol. The molecule has 1 aromatic carbocycles. The minimum absolute atomic E-state index is 0.0908. The van der Waals surface area contributed by atoms with Gasteiger partial charge < -0.3 is 30.1 Å². The van der Waals surface area contributed by atoms with E-state index in [1.165, 1.54) is 0 Å². The van der Waals surface area contributed by atoms with Gasteiger partial charge in [-0.15, -0.1) is 0 Å². The molecule has 1 aromatic heterocycles. The maximum absolute atomic E-state index is 13.7. The van der Waals surface area contributed by atoms with E-state index in [4.69, 9.17) is 4.74 Å². The number of nitrogens with zero attached hydrogens (tertiary/aromatic N) is 5. The van der Waals surface area contributed by atoms with Crippen LogP contribution in [0.25, 0.3) is 0 Å². The second kappa shape index (κ2) is 11.8. The van der Waals surface area contributed by atoms with Gasteiger partial charge in [-0.2, -0.15) is 18.2 Å². The summed E-state index contributed by atoms with van der Waals surface area (Å²) in [6.07, 6.45) is -0.879. The number of halogens is 3. The van der Waals surface area contributed by atoms with E-state index in [2.05, 4.69) is 43.5 Å². The van der Waals surface area contributed by atoms with Gasteiger partial charge in [-0.25, -0.2) is 4.98 Å². The number of piperazine rings is 1. The van der Waals surface area contributed by atoms with E-state index < -0.39 is 11.7 Å². The summed E-state index contributed by atoms with van der Waals surface area (Å²) in [5.41, 5.74) is 1.64. The van der Waals surface area contributed by atoms with E-state index in [9.17, 15) is 18.0 Å². The number of nitrogens with one attached hydrogen (secondary N) is 2. The number of ether oxygens (including phenoxy) is 1. The molecule has 2 aromatic rings. The predicted molar refractivity (Wildman–Crippen MR) is 148 cm³/mol. The Labute approximate surface area is 233 Å². The number of aryl methyl sites for hydroxylation is 1. The summed E-state index contributed by atoms with van der Waals surface area (Å²) in [6, 6.07) is 6.09. The van der Waals surface area contributed by atoms with Gasteiger partial charge in [0.2, 0.25) is 11.9 Å². The van der Waals surface area contributed by atoms with Crippen LogP contribution in [0.5, 0.6) is 0 Å². The summed E-state index contributed by atoms with van der Waals surface area (Å²) < 4.78 is 46.8. The molecule has 40 heavy (non-hydrogen) atoms. The Hall–Kier alpha value is -3.12. The van der Waals surface area contributed by atoms with E-state index in [0.717, 1.165) is 68.6 Å². The molecule has 1 amide bonds. The Bertz CT molecular complexity index is 1200. The summed E-state index contributed by atoms with van der Waals surface area (Å²) >= 11 is 0. The number of hydrogen-bond acceptors (Lipinski definition) is 8. The molecule has 0 bridgehead atoms. The number of aromatic nitrogens is 2. The third-order valence-corrected chi connectivity index (χ3v) is 8.05. The maximum atomic E-state index is 13.7. The van der Waals surface area contributed by atoms with Gasteiger partial charge in [-0.3, -0.25) is 4.79 Å². The van der Waals surface area contributed by atoms with Crippen LogP contribution in [-0.4, -0.2) is 91.7 Å². The van der Waals surface area contributed by atoms with Crippen LogP contribution >= 0.6 is 0 Å². The fraction of sp³-hybridized carbons (Fsp3) is 0.607. The number of anilines is 4. The zero-order chi connectivity index (χ0) is 28.3. The highest BCUT2D eigenvalue weighted by molar-refractivity contribution is 5.85. The zero-order valence-electron chi connectivity index (χ0n) is 23.2. The second-order valence-electron chi connectivity index (χ2n) is 11.0. The lowest BCUT2D eigenvalue weighted by molar-refractivity contribution is -0.137. The molecule has 0 radical (unpaired) electrons. The van der Waals surface area contributed by atoms with Crippen LogP contribution in [-0.2, 0) is 22.1 Å². The van der Waals surface area contributed by atoms with Crippen molar-refractivity contribution in [2.45, 2.75) is 38.8 Å². The maximum Gasteiger partial charge on any atom is 0.421 e. The number of amides is 1. The highest BCUT2D eigenvalue weighted by Crippen LogP contribution is 2.48. The first-order valence-corrected chi connectivity index (χ1v) is 14.1. The fourth-order valence-electron chi connectivity index (χ4n) is 5.30. The molecule has 3 fully saturated rings. The van der Waals surface area contributed by atoms with Gasteiger partial charge in [-0.1, -0.05) is 6.92 Å². The first kappa shape index (κ1) is 28.4. The molecule has 218 valence electrons. The molecule has 1 saturated carbocycles. The lowest BCUT2D eigenvalue weighted by Gasteiger charge is -2.34. The zero-order valence-corrected chi connectivity index (χ0v) is 23.2. The van der Waals surface area contributed by atoms with Crippen molar-refractivity contribution in [1.29, 1.82) is 0 Å². The van der Waals surface area contributed by atoms with Crippen molar-refractivity contribution in [2.24, 2.45) is 5.41 Å². The number of alkyl halides is 3. The molecule has 3 heterocycles. The largest absolute Gasteiger partial charge is 0.421 e. The first-order chi connectivity index (χ1) is 19.2. The van der Waals surface area contributed by atoms with Crippen LogP contribution in [0, 0.1) is 5.41 Å². The van der Waals surface area contributed by atoms with E-state index in [1.807, 2.05) is 19.1 Å². The van der Waals surface area contributed by atoms with E-state index in [1.54, 1.807) is 4.90 Å². The van der Waals surface area contributed by atoms with E-state index in [0.29, 0.717) is 32.7 Å². The number of likely N-dealkylation sites (N-methyl/N-ethyl adjacent to an activating group) is 1. The summed E-state index contributed by atoms with van der Waals surface area (Å²) in [6.45, 7) is 8.07. The lowest BCUT2D eigenvalue weighted by atomic mass is 10.1.